The lowest BCUT2D eigenvalue weighted by atomic mass is 10.3. The van der Waals surface area contributed by atoms with Crippen molar-refractivity contribution in [1.29, 1.82) is 0 Å². The Kier molecular flexibility index (Phi) is 1.80. The molecule has 0 spiro atoms. The predicted molar refractivity (Wildman–Crippen MR) is 54.0 cm³/mol. The predicted octanol–water partition coefficient (Wildman–Crippen LogP) is 2.72. The summed E-state index contributed by atoms with van der Waals surface area (Å²) in [4.78, 5) is 5.03. The van der Waals surface area contributed by atoms with Gasteiger partial charge in [-0.3, -0.25) is 0 Å². The highest BCUT2D eigenvalue weighted by Gasteiger charge is 2.01. The van der Waals surface area contributed by atoms with Crippen LogP contribution in [0.25, 0.3) is 11.1 Å². The molecule has 0 aliphatic carbocycles. The zero-order valence-corrected chi connectivity index (χ0v) is 8.46. The maximum absolute atomic E-state index is 5.28. The molecule has 0 bridgehead atoms. The van der Waals surface area contributed by atoms with Crippen LogP contribution in [0, 0.1) is 3.90 Å². The molecule has 2 aromatic rings. The van der Waals surface area contributed by atoms with Gasteiger partial charge in [-0.25, -0.2) is 4.98 Å². The minimum Gasteiger partial charge on any atom is -0.432 e. The molecule has 1 heterocycles. The van der Waals surface area contributed by atoms with Gasteiger partial charge in [-0.2, -0.15) is 0 Å². The molecule has 0 saturated heterocycles. The summed E-state index contributed by atoms with van der Waals surface area (Å²) >= 11 is 6.22. The van der Waals surface area contributed by atoms with Crippen LogP contribution in [0.15, 0.2) is 27.5 Å². The molecule has 4 heteroatoms. The van der Waals surface area contributed by atoms with Crippen molar-refractivity contribution in [1.82, 2.24) is 4.98 Å². The van der Waals surface area contributed by atoms with Crippen LogP contribution in [-0.4, -0.2) is 4.98 Å². The second-order valence-electron chi connectivity index (χ2n) is 2.12. The summed E-state index contributed by atoms with van der Waals surface area (Å²) in [6.45, 7) is 0. The molecule has 0 saturated carbocycles. The summed E-state index contributed by atoms with van der Waals surface area (Å²) in [7, 11) is 0. The summed E-state index contributed by atoms with van der Waals surface area (Å²) < 4.78 is 5.94. The Morgan fingerprint density at radius 3 is 3.09 bits per heavy atom. The number of nitrogens with zero attached hydrogens (tertiary/aromatic N) is 1. The van der Waals surface area contributed by atoms with Gasteiger partial charge in [0.2, 0.25) is 0 Å². The van der Waals surface area contributed by atoms with Gasteiger partial charge in [0, 0.05) is 27.5 Å². The van der Waals surface area contributed by atoms with E-state index in [9.17, 15) is 0 Å². The van der Waals surface area contributed by atoms with Crippen molar-refractivity contribution in [3.63, 3.8) is 0 Å². The quantitative estimate of drug-likeness (QED) is 0.592. The van der Waals surface area contributed by atoms with Crippen molar-refractivity contribution in [3.05, 3.63) is 22.1 Å². The van der Waals surface area contributed by atoms with Gasteiger partial charge in [-0.1, -0.05) is 0 Å². The molecular weight excluding hydrogens is 273 g/mol. The van der Waals surface area contributed by atoms with E-state index < -0.39 is 0 Å². The molecule has 11 heavy (non-hydrogen) atoms. The Bertz CT molecular complexity index is 398. The average molecular weight is 277 g/mol. The van der Waals surface area contributed by atoms with Gasteiger partial charge in [0.25, 0.3) is 3.90 Å². The second-order valence-corrected chi connectivity index (χ2v) is 3.56. The van der Waals surface area contributed by atoms with E-state index in [1.165, 1.54) is 0 Å². The molecule has 0 N–H and O–H groups in total. The number of benzene rings is 1. The van der Waals surface area contributed by atoms with E-state index in [1.807, 2.05) is 40.8 Å². The molecule has 1 aromatic carbocycles. The zero-order valence-electron chi connectivity index (χ0n) is 5.41. The molecule has 0 unspecified atom stereocenters. The zero-order chi connectivity index (χ0) is 7.84. The number of oxazole rings is 1. The van der Waals surface area contributed by atoms with E-state index in [-0.39, 0.29) is 0 Å². The van der Waals surface area contributed by atoms with Crippen LogP contribution >= 0.6 is 35.2 Å². The van der Waals surface area contributed by atoms with Crippen LogP contribution in [0.1, 0.15) is 0 Å². The average Bonchev–Trinajstić information content (AvgIpc) is 2.27. The normalized spacial score (nSPS) is 10.7. The third kappa shape index (κ3) is 1.37. The minimum absolute atomic E-state index is 0.663. The Balaban J connectivity index is 2.82. The molecule has 56 valence electrons. The number of rotatable bonds is 0. The molecule has 0 radical (unpaired) electrons. The highest BCUT2D eigenvalue weighted by Crippen LogP contribution is 2.19. The first-order valence-electron chi connectivity index (χ1n) is 3.01. The smallest absolute Gasteiger partial charge is 0.258 e. The van der Waals surface area contributed by atoms with Crippen LogP contribution < -0.4 is 0 Å². The lowest BCUT2D eigenvalue weighted by Gasteiger charge is -1.86. The summed E-state index contributed by atoms with van der Waals surface area (Å²) in [6, 6.07) is 5.64. The van der Waals surface area contributed by atoms with E-state index in [1.54, 1.807) is 0 Å². The molecule has 0 atom stereocenters. The highest BCUT2D eigenvalue weighted by atomic mass is 127. The third-order valence-corrected chi connectivity index (χ3v) is 2.09. The summed E-state index contributed by atoms with van der Waals surface area (Å²) in [5, 5.41) is 0. The Labute approximate surface area is 82.5 Å². The van der Waals surface area contributed by atoms with E-state index in [2.05, 4.69) is 17.6 Å². The third-order valence-electron chi connectivity index (χ3n) is 1.35. The highest BCUT2D eigenvalue weighted by molar-refractivity contribution is 14.1. The van der Waals surface area contributed by atoms with E-state index in [0.29, 0.717) is 3.90 Å². The van der Waals surface area contributed by atoms with Gasteiger partial charge < -0.3 is 4.42 Å². The van der Waals surface area contributed by atoms with Gasteiger partial charge in [0.15, 0.2) is 5.58 Å². The fourth-order valence-corrected chi connectivity index (χ4v) is 1.57. The Morgan fingerprint density at radius 1 is 1.45 bits per heavy atom. The van der Waals surface area contributed by atoms with Crippen LogP contribution in [0.5, 0.6) is 0 Å². The van der Waals surface area contributed by atoms with Crippen molar-refractivity contribution < 1.29 is 4.42 Å². The van der Waals surface area contributed by atoms with Gasteiger partial charge in [-0.05, 0) is 18.2 Å². The molecule has 0 fully saturated rings. The Hall–Kier alpha value is -0.230. The standard InChI is InChI=1S/C7H4INOS/c8-7-9-5-2-1-4(11)3-6(5)10-7/h1-3,11H. The van der Waals surface area contributed by atoms with E-state index >= 15 is 0 Å². The molecule has 2 nitrogen and oxygen atoms in total. The fourth-order valence-electron chi connectivity index (χ4n) is 0.885. The second kappa shape index (κ2) is 2.67. The SMILES string of the molecule is Sc1ccc2nc(I)oc2c1. The van der Waals surface area contributed by atoms with Crippen molar-refractivity contribution in [2.75, 3.05) is 0 Å². The maximum atomic E-state index is 5.28. The molecule has 0 amide bonds. The van der Waals surface area contributed by atoms with E-state index in [0.717, 1.165) is 16.0 Å². The molecule has 2 rings (SSSR count). The first kappa shape index (κ1) is 7.42. The fraction of sp³-hybridized carbons (Fsp3) is 0. The van der Waals surface area contributed by atoms with Gasteiger partial charge in [-0.15, -0.1) is 12.6 Å². The van der Waals surface area contributed by atoms with Gasteiger partial charge in [0.1, 0.15) is 5.52 Å². The van der Waals surface area contributed by atoms with Gasteiger partial charge >= 0.3 is 0 Å². The van der Waals surface area contributed by atoms with Crippen LogP contribution in [0.2, 0.25) is 0 Å². The van der Waals surface area contributed by atoms with Crippen molar-refractivity contribution >= 4 is 46.3 Å². The van der Waals surface area contributed by atoms with Crippen molar-refractivity contribution in [2.24, 2.45) is 0 Å². The van der Waals surface area contributed by atoms with Crippen LogP contribution in [-0.2, 0) is 0 Å². The topological polar surface area (TPSA) is 26.0 Å². The maximum Gasteiger partial charge on any atom is 0.258 e. The monoisotopic (exact) mass is 277 g/mol. The van der Waals surface area contributed by atoms with Crippen LogP contribution in [0.4, 0.5) is 0 Å². The lowest BCUT2D eigenvalue weighted by Crippen LogP contribution is -1.67. The number of hydrogen-bond donors (Lipinski definition) is 1. The minimum atomic E-state index is 0.663. The molecule has 0 aliphatic heterocycles. The number of hydrogen-bond acceptors (Lipinski definition) is 3. The largest absolute Gasteiger partial charge is 0.432 e. The van der Waals surface area contributed by atoms with Crippen LogP contribution in [0.3, 0.4) is 0 Å². The molecule has 1 aromatic heterocycles. The number of thiol groups is 1. The number of fused-ring (bicyclic) bond motifs is 1. The first-order chi connectivity index (χ1) is 5.25. The Morgan fingerprint density at radius 2 is 2.27 bits per heavy atom. The number of halogens is 1. The summed E-state index contributed by atoms with van der Waals surface area (Å²) in [5.41, 5.74) is 1.68. The summed E-state index contributed by atoms with van der Waals surface area (Å²) in [5.74, 6) is 0. The summed E-state index contributed by atoms with van der Waals surface area (Å²) in [6.07, 6.45) is 0. The van der Waals surface area contributed by atoms with E-state index in [4.69, 9.17) is 4.42 Å². The molecular formula is C7H4INOS. The number of aromatic nitrogens is 1. The van der Waals surface area contributed by atoms with Crippen molar-refractivity contribution in [2.45, 2.75) is 4.90 Å². The molecule has 0 aliphatic rings. The van der Waals surface area contributed by atoms with Gasteiger partial charge in [0.05, 0.1) is 0 Å². The van der Waals surface area contributed by atoms with Crippen molar-refractivity contribution in [3.8, 4) is 0 Å². The first-order valence-corrected chi connectivity index (χ1v) is 4.53. The lowest BCUT2D eigenvalue weighted by molar-refractivity contribution is 0.566.